The molecule has 0 aromatic heterocycles. The van der Waals surface area contributed by atoms with Gasteiger partial charge in [-0.3, -0.25) is 19.2 Å². The minimum Gasteiger partial charge on any atom is -0.481 e. The largest absolute Gasteiger partial charge is 0.481 e. The fourth-order valence-corrected chi connectivity index (χ4v) is 3.31. The van der Waals surface area contributed by atoms with E-state index >= 15 is 0 Å². The number of carboxylic acid groups (broad SMARTS) is 4. The number of unbranched alkanes of at least 4 members (excludes halogenated alkanes) is 8. The van der Waals surface area contributed by atoms with Gasteiger partial charge in [-0.1, -0.05) is 98.3 Å². The molecule has 0 unspecified atom stereocenters. The van der Waals surface area contributed by atoms with E-state index in [1.165, 1.54) is 19.3 Å². The van der Waals surface area contributed by atoms with Crippen LogP contribution in [0.15, 0.2) is 0 Å². The van der Waals surface area contributed by atoms with Crippen molar-refractivity contribution in [3.8, 4) is 0 Å². The van der Waals surface area contributed by atoms with Crippen LogP contribution in [0.5, 0.6) is 0 Å². The van der Waals surface area contributed by atoms with Crippen molar-refractivity contribution in [1.82, 2.24) is 0 Å². The average molecular weight is 579 g/mol. The molecule has 0 heterocycles. The number of aliphatic carboxylic acids is 4. The standard InChI is InChI=1S/C6H14N2.4C6H12O2/c7-6(8)4-2-1-3-5-6;4*1-2-3-4-5-6(7)8/h1-5,7-8H2;4*2-5H2,1H3,(H,7,8). The van der Waals surface area contributed by atoms with E-state index in [0.717, 1.165) is 89.9 Å². The first-order valence-electron chi connectivity index (χ1n) is 15.2. The van der Waals surface area contributed by atoms with E-state index < -0.39 is 23.9 Å². The van der Waals surface area contributed by atoms with E-state index in [4.69, 9.17) is 31.9 Å². The molecule has 1 rings (SSSR count). The maximum atomic E-state index is 9.87. The number of hydrogen-bond acceptors (Lipinski definition) is 6. The van der Waals surface area contributed by atoms with Crippen molar-refractivity contribution in [1.29, 1.82) is 0 Å². The molecule has 0 saturated heterocycles. The van der Waals surface area contributed by atoms with Crippen molar-refractivity contribution in [3.63, 3.8) is 0 Å². The summed E-state index contributed by atoms with van der Waals surface area (Å²) in [5.74, 6) is -2.73. The van der Waals surface area contributed by atoms with Crippen LogP contribution in [0.25, 0.3) is 0 Å². The van der Waals surface area contributed by atoms with Crippen LogP contribution in [0.1, 0.15) is 163 Å². The van der Waals surface area contributed by atoms with E-state index in [-0.39, 0.29) is 5.66 Å². The highest BCUT2D eigenvalue weighted by atomic mass is 16.4. The van der Waals surface area contributed by atoms with Crippen LogP contribution >= 0.6 is 0 Å². The molecule has 0 radical (unpaired) electrons. The van der Waals surface area contributed by atoms with Gasteiger partial charge in [0.05, 0.1) is 5.66 Å². The summed E-state index contributed by atoms with van der Waals surface area (Å²) in [5, 5.41) is 32.6. The SMILES string of the molecule is CCCCCC(=O)O.CCCCCC(=O)O.CCCCCC(=O)O.CCCCCC(=O)O.NC1(N)CCCCC1. The van der Waals surface area contributed by atoms with Gasteiger partial charge in [-0.05, 0) is 38.5 Å². The van der Waals surface area contributed by atoms with Crippen LogP contribution in [0, 0.1) is 0 Å². The van der Waals surface area contributed by atoms with Gasteiger partial charge >= 0.3 is 23.9 Å². The Morgan fingerprint density at radius 2 is 0.700 bits per heavy atom. The Kier molecular flexibility index (Phi) is 39.0. The molecule has 0 spiro atoms. The molecular weight excluding hydrogens is 516 g/mol. The van der Waals surface area contributed by atoms with Gasteiger partial charge in [-0.25, -0.2) is 0 Å². The van der Waals surface area contributed by atoms with Crippen LogP contribution < -0.4 is 11.5 Å². The second-order valence-electron chi connectivity index (χ2n) is 10.2. The Balaban J connectivity index is -0.000000202. The zero-order valence-corrected chi connectivity index (χ0v) is 25.9. The predicted octanol–water partition coefficient (Wildman–Crippen LogP) is 7.17. The third-order valence-electron chi connectivity index (χ3n) is 5.76. The van der Waals surface area contributed by atoms with Crippen molar-refractivity contribution in [2.75, 3.05) is 0 Å². The van der Waals surface area contributed by atoms with Crippen molar-refractivity contribution >= 4 is 23.9 Å². The number of rotatable bonds is 16. The third-order valence-corrected chi connectivity index (χ3v) is 5.76. The topological polar surface area (TPSA) is 201 Å². The number of carboxylic acids is 4. The molecule has 1 aliphatic carbocycles. The van der Waals surface area contributed by atoms with Gasteiger partial charge < -0.3 is 31.9 Å². The maximum absolute atomic E-state index is 9.87. The predicted molar refractivity (Wildman–Crippen MR) is 161 cm³/mol. The lowest BCUT2D eigenvalue weighted by Crippen LogP contribution is -2.50. The minimum atomic E-state index is -0.682. The van der Waals surface area contributed by atoms with Gasteiger partial charge in [0.25, 0.3) is 0 Å². The molecule has 0 amide bonds. The van der Waals surface area contributed by atoms with Crippen LogP contribution in [0.3, 0.4) is 0 Å². The second kappa shape index (κ2) is 34.8. The minimum absolute atomic E-state index is 0.321. The Morgan fingerprint density at radius 1 is 0.475 bits per heavy atom. The fourth-order valence-electron chi connectivity index (χ4n) is 3.31. The van der Waals surface area contributed by atoms with E-state index in [0.29, 0.717) is 25.7 Å². The lowest BCUT2D eigenvalue weighted by atomic mass is 9.91. The van der Waals surface area contributed by atoms with E-state index in [9.17, 15) is 19.2 Å². The number of nitrogens with two attached hydrogens (primary N) is 2. The molecule has 0 bridgehead atoms. The van der Waals surface area contributed by atoms with Gasteiger partial charge in [0, 0.05) is 25.7 Å². The van der Waals surface area contributed by atoms with E-state index in [1.54, 1.807) is 0 Å². The van der Waals surface area contributed by atoms with Gasteiger partial charge in [0.1, 0.15) is 0 Å². The Bertz CT molecular complexity index is 510. The summed E-state index contributed by atoms with van der Waals surface area (Å²) >= 11 is 0. The van der Waals surface area contributed by atoms with Crippen molar-refractivity contribution in [2.24, 2.45) is 11.5 Å². The van der Waals surface area contributed by atoms with Crippen LogP contribution in [0.2, 0.25) is 0 Å². The fraction of sp³-hybridized carbons (Fsp3) is 0.867. The molecular formula is C30H62N2O8. The molecule has 1 aliphatic rings. The summed E-state index contributed by atoms with van der Waals surface area (Å²) in [6, 6.07) is 0. The quantitative estimate of drug-likeness (QED) is 0.0804. The smallest absolute Gasteiger partial charge is 0.303 e. The Labute approximate surface area is 243 Å². The summed E-state index contributed by atoms with van der Waals surface area (Å²) in [6.07, 6.45) is 18.9. The first-order chi connectivity index (χ1) is 18.8. The highest BCUT2D eigenvalue weighted by Crippen LogP contribution is 2.20. The zero-order valence-electron chi connectivity index (χ0n) is 25.9. The van der Waals surface area contributed by atoms with Gasteiger partial charge in [0.15, 0.2) is 0 Å². The highest BCUT2D eigenvalue weighted by Gasteiger charge is 2.21. The van der Waals surface area contributed by atoms with Gasteiger partial charge in [-0.2, -0.15) is 0 Å². The van der Waals surface area contributed by atoms with E-state index in [1.807, 2.05) is 0 Å². The van der Waals surface area contributed by atoms with Gasteiger partial charge in [0.2, 0.25) is 0 Å². The van der Waals surface area contributed by atoms with Crippen molar-refractivity contribution in [3.05, 3.63) is 0 Å². The lowest BCUT2D eigenvalue weighted by Gasteiger charge is -2.28. The third kappa shape index (κ3) is 56.1. The number of carbonyl (C=O) groups is 4. The summed E-state index contributed by atoms with van der Waals surface area (Å²) in [7, 11) is 0. The average Bonchev–Trinajstić information content (AvgIpc) is 2.85. The molecule has 40 heavy (non-hydrogen) atoms. The molecule has 8 N–H and O–H groups in total. The molecule has 240 valence electrons. The van der Waals surface area contributed by atoms with Crippen LogP contribution in [-0.2, 0) is 19.2 Å². The highest BCUT2D eigenvalue weighted by molar-refractivity contribution is 5.67. The molecule has 1 fully saturated rings. The monoisotopic (exact) mass is 578 g/mol. The number of hydrogen-bond donors (Lipinski definition) is 6. The molecule has 0 aliphatic heterocycles. The van der Waals surface area contributed by atoms with Crippen molar-refractivity contribution in [2.45, 2.75) is 168 Å². The van der Waals surface area contributed by atoms with Crippen LogP contribution in [0.4, 0.5) is 0 Å². The lowest BCUT2D eigenvalue weighted by molar-refractivity contribution is -0.138. The normalized spacial score (nSPS) is 12.8. The Hall–Kier alpha value is -2.20. The first-order valence-corrected chi connectivity index (χ1v) is 15.2. The van der Waals surface area contributed by atoms with E-state index in [2.05, 4.69) is 27.7 Å². The maximum Gasteiger partial charge on any atom is 0.303 e. The zero-order chi connectivity index (χ0) is 31.7. The molecule has 1 saturated carbocycles. The Morgan fingerprint density at radius 3 is 0.825 bits per heavy atom. The second-order valence-corrected chi connectivity index (χ2v) is 10.2. The summed E-state index contributed by atoms with van der Waals surface area (Å²) in [6.45, 7) is 8.23. The summed E-state index contributed by atoms with van der Waals surface area (Å²) < 4.78 is 0. The molecule has 0 aromatic rings. The summed E-state index contributed by atoms with van der Waals surface area (Å²) in [4.78, 5) is 39.5. The molecule has 0 aromatic carbocycles. The molecule has 10 nitrogen and oxygen atoms in total. The van der Waals surface area contributed by atoms with Crippen molar-refractivity contribution < 1.29 is 39.6 Å². The van der Waals surface area contributed by atoms with Gasteiger partial charge in [-0.15, -0.1) is 0 Å². The molecule has 10 heteroatoms. The molecule has 0 atom stereocenters. The summed E-state index contributed by atoms with van der Waals surface area (Å²) in [5.41, 5.74) is 11.0. The first kappa shape index (κ1) is 44.8. The van der Waals surface area contributed by atoms with Crippen LogP contribution in [-0.4, -0.2) is 50.0 Å².